The summed E-state index contributed by atoms with van der Waals surface area (Å²) in [5.74, 6) is 1.93. The number of benzene rings is 1. The molecule has 1 atom stereocenters. The minimum absolute atomic E-state index is 0.0139. The average Bonchev–Trinajstić information content (AvgIpc) is 3.51. The first-order valence-corrected chi connectivity index (χ1v) is 13.6. The van der Waals surface area contributed by atoms with Crippen LogP contribution in [0.25, 0.3) is 16.4 Å². The number of carbonyl (C=O) groups excluding carboxylic acids is 2. The number of para-hydroxylation sites is 1. The van der Waals surface area contributed by atoms with Gasteiger partial charge in [0.1, 0.15) is 0 Å². The Bertz CT molecular complexity index is 1100. The van der Waals surface area contributed by atoms with Crippen molar-refractivity contribution in [3.8, 4) is 16.4 Å². The van der Waals surface area contributed by atoms with Crippen molar-refractivity contribution in [3.05, 3.63) is 47.8 Å². The lowest BCUT2D eigenvalue weighted by Gasteiger charge is -2.40. The Morgan fingerprint density at radius 2 is 1.91 bits per heavy atom. The molecule has 0 saturated carbocycles. The minimum atomic E-state index is -0.0139. The molecule has 9 heteroatoms. The highest BCUT2D eigenvalue weighted by Crippen LogP contribution is 2.30. The van der Waals surface area contributed by atoms with E-state index in [-0.39, 0.29) is 23.8 Å². The van der Waals surface area contributed by atoms with E-state index in [1.54, 1.807) is 23.1 Å². The van der Waals surface area contributed by atoms with Gasteiger partial charge in [0.15, 0.2) is 11.0 Å². The van der Waals surface area contributed by atoms with E-state index in [0.717, 1.165) is 33.7 Å². The van der Waals surface area contributed by atoms with Crippen molar-refractivity contribution in [1.29, 1.82) is 0 Å². The van der Waals surface area contributed by atoms with Crippen molar-refractivity contribution in [2.75, 3.05) is 25.4 Å². The summed E-state index contributed by atoms with van der Waals surface area (Å²) in [7, 11) is 0. The molecule has 2 aromatic heterocycles. The van der Waals surface area contributed by atoms with E-state index in [2.05, 4.69) is 33.0 Å². The molecule has 4 rings (SSSR count). The van der Waals surface area contributed by atoms with Gasteiger partial charge in [-0.15, -0.1) is 21.5 Å². The topological polar surface area (TPSA) is 71.3 Å². The molecule has 2 amide bonds. The molecule has 1 unspecified atom stereocenters. The molecule has 0 aliphatic carbocycles. The van der Waals surface area contributed by atoms with Crippen LogP contribution >= 0.6 is 23.1 Å². The molecule has 1 saturated heterocycles. The smallest absolute Gasteiger partial charge is 0.225 e. The lowest BCUT2D eigenvalue weighted by molar-refractivity contribution is -0.144. The lowest BCUT2D eigenvalue weighted by atomic mass is 10.1. The van der Waals surface area contributed by atoms with Crippen molar-refractivity contribution in [3.63, 3.8) is 0 Å². The summed E-state index contributed by atoms with van der Waals surface area (Å²) in [6, 6.07) is 14.3. The third-order valence-electron chi connectivity index (χ3n) is 5.91. The summed E-state index contributed by atoms with van der Waals surface area (Å²) in [5.41, 5.74) is 1.03. The Morgan fingerprint density at radius 3 is 2.59 bits per heavy atom. The molecule has 1 aliphatic rings. The number of amides is 2. The first-order chi connectivity index (χ1) is 16.5. The highest BCUT2D eigenvalue weighted by molar-refractivity contribution is 7.99. The molecule has 180 valence electrons. The molecule has 0 spiro atoms. The van der Waals surface area contributed by atoms with Gasteiger partial charge in [0, 0.05) is 49.5 Å². The van der Waals surface area contributed by atoms with Crippen molar-refractivity contribution < 1.29 is 9.59 Å². The number of nitrogens with zero attached hydrogens (tertiary/aromatic N) is 5. The Balaban J connectivity index is 1.33. The molecule has 0 bridgehead atoms. The van der Waals surface area contributed by atoms with Gasteiger partial charge in [-0.25, -0.2) is 0 Å². The van der Waals surface area contributed by atoms with Crippen LogP contribution in [-0.4, -0.2) is 67.8 Å². The average molecular weight is 498 g/mol. The molecule has 0 N–H and O–H groups in total. The zero-order chi connectivity index (χ0) is 24.1. The van der Waals surface area contributed by atoms with E-state index in [4.69, 9.17) is 0 Å². The van der Waals surface area contributed by atoms with Crippen molar-refractivity contribution in [2.24, 2.45) is 5.92 Å². The Labute approximate surface area is 209 Å². The van der Waals surface area contributed by atoms with Gasteiger partial charge in [-0.05, 0) is 36.9 Å². The number of piperazine rings is 1. The predicted octanol–water partition coefficient (Wildman–Crippen LogP) is 4.58. The minimum Gasteiger partial charge on any atom is -0.339 e. The number of aromatic nitrogens is 3. The first kappa shape index (κ1) is 24.5. The Morgan fingerprint density at radius 1 is 1.12 bits per heavy atom. The SMILES string of the molecule is CC(C)C(=O)N1CCN(C(=O)CCCSc2nnc(-c3cccs3)n2-c2ccccc2)CC1C. The number of thioether (sulfide) groups is 1. The first-order valence-electron chi connectivity index (χ1n) is 11.7. The number of rotatable bonds is 8. The van der Waals surface area contributed by atoms with Crippen molar-refractivity contribution in [2.45, 2.75) is 44.8 Å². The van der Waals surface area contributed by atoms with Crippen LogP contribution in [0.15, 0.2) is 53.0 Å². The van der Waals surface area contributed by atoms with Gasteiger partial charge < -0.3 is 9.80 Å². The molecule has 1 aromatic carbocycles. The van der Waals surface area contributed by atoms with Gasteiger partial charge >= 0.3 is 0 Å². The van der Waals surface area contributed by atoms with Crippen LogP contribution < -0.4 is 0 Å². The summed E-state index contributed by atoms with van der Waals surface area (Å²) < 4.78 is 2.09. The Hall–Kier alpha value is -2.65. The van der Waals surface area contributed by atoms with Crippen LogP contribution in [-0.2, 0) is 9.59 Å². The summed E-state index contributed by atoms with van der Waals surface area (Å²) >= 11 is 3.27. The number of hydrogen-bond donors (Lipinski definition) is 0. The molecule has 1 aliphatic heterocycles. The second-order valence-corrected chi connectivity index (χ2v) is 10.8. The van der Waals surface area contributed by atoms with E-state index in [0.29, 0.717) is 26.1 Å². The summed E-state index contributed by atoms with van der Waals surface area (Å²) in [5, 5.41) is 11.8. The zero-order valence-electron chi connectivity index (χ0n) is 19.9. The maximum absolute atomic E-state index is 12.8. The molecular formula is C25H31N5O2S2. The fourth-order valence-electron chi connectivity index (χ4n) is 4.13. The molecule has 7 nitrogen and oxygen atoms in total. The lowest BCUT2D eigenvalue weighted by Crippen LogP contribution is -2.56. The molecule has 3 aromatic rings. The fraction of sp³-hybridized carbons (Fsp3) is 0.440. The van der Waals surface area contributed by atoms with E-state index < -0.39 is 0 Å². The summed E-state index contributed by atoms with van der Waals surface area (Å²) in [6.45, 7) is 7.71. The molecule has 34 heavy (non-hydrogen) atoms. The van der Waals surface area contributed by atoms with Crippen LogP contribution in [0.2, 0.25) is 0 Å². The summed E-state index contributed by atoms with van der Waals surface area (Å²) in [4.78, 5) is 30.0. The van der Waals surface area contributed by atoms with Gasteiger partial charge in [0.25, 0.3) is 0 Å². The number of carbonyl (C=O) groups is 2. The fourth-order valence-corrected chi connectivity index (χ4v) is 5.72. The molecule has 3 heterocycles. The molecular weight excluding hydrogens is 466 g/mol. The predicted molar refractivity (Wildman–Crippen MR) is 137 cm³/mol. The van der Waals surface area contributed by atoms with E-state index in [9.17, 15) is 9.59 Å². The number of thiophene rings is 1. The quantitative estimate of drug-likeness (QED) is 0.336. The van der Waals surface area contributed by atoms with Gasteiger partial charge in [0.2, 0.25) is 11.8 Å². The van der Waals surface area contributed by atoms with Crippen molar-refractivity contribution in [1.82, 2.24) is 24.6 Å². The zero-order valence-corrected chi connectivity index (χ0v) is 21.5. The largest absolute Gasteiger partial charge is 0.339 e. The third-order valence-corrected chi connectivity index (χ3v) is 7.79. The van der Waals surface area contributed by atoms with Gasteiger partial charge in [-0.3, -0.25) is 14.2 Å². The molecule has 0 radical (unpaired) electrons. The van der Waals surface area contributed by atoms with E-state index in [1.807, 2.05) is 60.2 Å². The monoisotopic (exact) mass is 497 g/mol. The van der Waals surface area contributed by atoms with E-state index >= 15 is 0 Å². The van der Waals surface area contributed by atoms with Crippen LogP contribution in [0.1, 0.15) is 33.6 Å². The van der Waals surface area contributed by atoms with Crippen LogP contribution in [0, 0.1) is 5.92 Å². The van der Waals surface area contributed by atoms with Gasteiger partial charge in [-0.1, -0.05) is 49.9 Å². The maximum Gasteiger partial charge on any atom is 0.225 e. The van der Waals surface area contributed by atoms with Crippen molar-refractivity contribution >= 4 is 34.9 Å². The summed E-state index contributed by atoms with van der Waals surface area (Å²) in [6.07, 6.45) is 1.26. The van der Waals surface area contributed by atoms with Gasteiger partial charge in [-0.2, -0.15) is 0 Å². The van der Waals surface area contributed by atoms with Gasteiger partial charge in [0.05, 0.1) is 4.88 Å². The standard InChI is InChI=1S/C25H31N5O2S2/c1-18(2)24(32)29-14-13-28(17-19(29)3)22(31)12-8-16-34-25-27-26-23(21-11-7-15-33-21)30(25)20-9-5-4-6-10-20/h4-7,9-11,15,18-19H,8,12-14,16-17H2,1-3H3. The number of hydrogen-bond acceptors (Lipinski definition) is 6. The Kier molecular flexibility index (Phi) is 8.05. The second-order valence-electron chi connectivity index (χ2n) is 8.78. The maximum atomic E-state index is 12.8. The highest BCUT2D eigenvalue weighted by Gasteiger charge is 2.30. The van der Waals surface area contributed by atoms with Crippen LogP contribution in [0.4, 0.5) is 0 Å². The van der Waals surface area contributed by atoms with Crippen LogP contribution in [0.3, 0.4) is 0 Å². The molecule has 1 fully saturated rings. The third kappa shape index (κ3) is 5.52. The van der Waals surface area contributed by atoms with Crippen LogP contribution in [0.5, 0.6) is 0 Å². The normalized spacial score (nSPS) is 16.3. The highest BCUT2D eigenvalue weighted by atomic mass is 32.2. The van der Waals surface area contributed by atoms with E-state index in [1.165, 1.54) is 0 Å². The second kappa shape index (κ2) is 11.2.